The summed E-state index contributed by atoms with van der Waals surface area (Å²) in [7, 11) is 2.79. The Kier molecular flexibility index (Phi) is 8.50. The van der Waals surface area contributed by atoms with Gasteiger partial charge in [0.2, 0.25) is 5.91 Å². The number of carbonyl (C=O) groups excluding carboxylic acids is 3. The maximum Gasteiger partial charge on any atom is 0.407 e. The number of alkyl carbamates (subject to hydrolysis) is 1. The number of rotatable bonds is 9. The maximum absolute atomic E-state index is 12.2. The Morgan fingerprint density at radius 3 is 2.38 bits per heavy atom. The van der Waals surface area contributed by atoms with Crippen molar-refractivity contribution in [3.63, 3.8) is 0 Å². The van der Waals surface area contributed by atoms with Crippen LogP contribution in [0.3, 0.4) is 0 Å². The van der Waals surface area contributed by atoms with Gasteiger partial charge in [-0.1, -0.05) is 42.5 Å². The Bertz CT molecular complexity index is 825. The van der Waals surface area contributed by atoms with Crippen LogP contribution in [0.4, 0.5) is 4.79 Å². The van der Waals surface area contributed by atoms with E-state index in [1.54, 1.807) is 25.3 Å². The zero-order chi connectivity index (χ0) is 21.1. The Morgan fingerprint density at radius 1 is 0.966 bits per heavy atom. The molecule has 8 nitrogen and oxygen atoms in total. The van der Waals surface area contributed by atoms with Crippen LogP contribution in [0.5, 0.6) is 5.75 Å². The van der Waals surface area contributed by atoms with Crippen LogP contribution in [-0.2, 0) is 32.1 Å². The number of amides is 2. The average molecular weight is 400 g/mol. The van der Waals surface area contributed by atoms with Gasteiger partial charge in [-0.2, -0.15) is 0 Å². The zero-order valence-corrected chi connectivity index (χ0v) is 16.3. The molecular formula is C21H24N2O6. The van der Waals surface area contributed by atoms with E-state index in [0.29, 0.717) is 5.75 Å². The molecule has 0 saturated carbocycles. The molecule has 0 fully saturated rings. The summed E-state index contributed by atoms with van der Waals surface area (Å²) in [5, 5.41) is 4.91. The highest BCUT2D eigenvalue weighted by Crippen LogP contribution is 2.14. The highest BCUT2D eigenvalue weighted by Gasteiger charge is 2.22. The molecule has 0 aliphatic rings. The van der Waals surface area contributed by atoms with Crippen molar-refractivity contribution in [3.8, 4) is 5.75 Å². The normalized spacial score (nSPS) is 11.1. The summed E-state index contributed by atoms with van der Waals surface area (Å²) in [5.74, 6) is -0.493. The average Bonchev–Trinajstić information content (AvgIpc) is 2.76. The van der Waals surface area contributed by atoms with E-state index in [9.17, 15) is 14.4 Å². The van der Waals surface area contributed by atoms with Crippen molar-refractivity contribution in [1.82, 2.24) is 10.6 Å². The van der Waals surface area contributed by atoms with Gasteiger partial charge in [-0.25, -0.2) is 9.59 Å². The number of nitrogens with one attached hydrogen (secondary N) is 2. The number of benzene rings is 2. The molecule has 0 aliphatic carbocycles. The Morgan fingerprint density at radius 2 is 1.69 bits per heavy atom. The van der Waals surface area contributed by atoms with Crippen LogP contribution in [0.25, 0.3) is 0 Å². The molecule has 8 heteroatoms. The van der Waals surface area contributed by atoms with Crippen molar-refractivity contribution < 1.29 is 28.6 Å². The van der Waals surface area contributed by atoms with E-state index >= 15 is 0 Å². The lowest BCUT2D eigenvalue weighted by Crippen LogP contribution is -2.47. The summed E-state index contributed by atoms with van der Waals surface area (Å²) in [6, 6.07) is 15.4. The number of methoxy groups -OCH3 is 2. The number of esters is 1. The second kappa shape index (κ2) is 11.3. The number of ether oxygens (including phenoxy) is 3. The predicted octanol–water partition coefficient (Wildman–Crippen LogP) is 1.82. The van der Waals surface area contributed by atoms with Crippen LogP contribution in [0, 0.1) is 0 Å². The fourth-order valence-electron chi connectivity index (χ4n) is 2.54. The van der Waals surface area contributed by atoms with Gasteiger partial charge in [0, 0.05) is 6.42 Å². The molecule has 0 unspecified atom stereocenters. The first-order chi connectivity index (χ1) is 14.0. The summed E-state index contributed by atoms with van der Waals surface area (Å²) in [6.07, 6.45) is -0.514. The van der Waals surface area contributed by atoms with Crippen molar-refractivity contribution in [3.05, 3.63) is 65.7 Å². The summed E-state index contributed by atoms with van der Waals surface area (Å²) in [5.41, 5.74) is 1.62. The number of carbonyl (C=O) groups is 3. The topological polar surface area (TPSA) is 103 Å². The molecule has 2 rings (SSSR count). The smallest absolute Gasteiger partial charge is 0.407 e. The summed E-state index contributed by atoms with van der Waals surface area (Å²) < 4.78 is 15.0. The van der Waals surface area contributed by atoms with Gasteiger partial charge in [0.25, 0.3) is 0 Å². The SMILES string of the molecule is COC(=O)[C@@H](Cc1cccc(OC)c1)NC(=O)CNC(=O)OCc1ccccc1. The van der Waals surface area contributed by atoms with Crippen molar-refractivity contribution >= 4 is 18.0 Å². The molecule has 0 spiro atoms. The molecule has 1 atom stereocenters. The van der Waals surface area contributed by atoms with Gasteiger partial charge < -0.3 is 24.8 Å². The highest BCUT2D eigenvalue weighted by atomic mass is 16.5. The monoisotopic (exact) mass is 400 g/mol. The first-order valence-corrected chi connectivity index (χ1v) is 8.96. The molecular weight excluding hydrogens is 376 g/mol. The van der Waals surface area contributed by atoms with Crippen molar-refractivity contribution in [2.45, 2.75) is 19.1 Å². The van der Waals surface area contributed by atoms with Gasteiger partial charge >= 0.3 is 12.1 Å². The fourth-order valence-corrected chi connectivity index (χ4v) is 2.54. The molecule has 2 aromatic carbocycles. The number of hydrogen-bond donors (Lipinski definition) is 2. The van der Waals surface area contributed by atoms with Crippen LogP contribution in [-0.4, -0.2) is 44.8 Å². The van der Waals surface area contributed by atoms with Gasteiger partial charge in [0.15, 0.2) is 0 Å². The largest absolute Gasteiger partial charge is 0.497 e. The quantitative estimate of drug-likeness (QED) is 0.623. The van der Waals surface area contributed by atoms with E-state index in [1.807, 2.05) is 36.4 Å². The molecule has 2 N–H and O–H groups in total. The van der Waals surface area contributed by atoms with Gasteiger partial charge in [0.05, 0.1) is 14.2 Å². The van der Waals surface area contributed by atoms with Crippen LogP contribution >= 0.6 is 0 Å². The van der Waals surface area contributed by atoms with Crippen molar-refractivity contribution in [1.29, 1.82) is 0 Å². The zero-order valence-electron chi connectivity index (χ0n) is 16.3. The lowest BCUT2D eigenvalue weighted by atomic mass is 10.1. The van der Waals surface area contributed by atoms with E-state index in [0.717, 1.165) is 11.1 Å². The third kappa shape index (κ3) is 7.53. The molecule has 0 heterocycles. The van der Waals surface area contributed by atoms with E-state index in [1.165, 1.54) is 7.11 Å². The summed E-state index contributed by atoms with van der Waals surface area (Å²) in [6.45, 7) is -0.242. The standard InChI is InChI=1S/C21H24N2O6/c1-27-17-10-6-9-16(11-17)12-18(20(25)28-2)23-19(24)13-22-21(26)29-14-15-7-4-3-5-8-15/h3-11,18H,12-14H2,1-2H3,(H,22,26)(H,23,24)/t18-/m1/s1. The van der Waals surface area contributed by atoms with Crippen molar-refractivity contribution in [2.24, 2.45) is 0 Å². The molecule has 0 aliphatic heterocycles. The van der Waals surface area contributed by atoms with Gasteiger partial charge in [-0.3, -0.25) is 4.79 Å². The van der Waals surface area contributed by atoms with E-state index in [2.05, 4.69) is 10.6 Å². The minimum absolute atomic E-state index is 0.0922. The van der Waals surface area contributed by atoms with E-state index in [4.69, 9.17) is 14.2 Å². The molecule has 2 amide bonds. The van der Waals surface area contributed by atoms with Crippen LogP contribution < -0.4 is 15.4 Å². The maximum atomic E-state index is 12.2. The number of hydrogen-bond acceptors (Lipinski definition) is 6. The van der Waals surface area contributed by atoms with E-state index in [-0.39, 0.29) is 19.6 Å². The second-order valence-corrected chi connectivity index (χ2v) is 6.11. The van der Waals surface area contributed by atoms with Gasteiger partial charge in [-0.15, -0.1) is 0 Å². The molecule has 0 bridgehead atoms. The Labute approximate surface area is 169 Å². The summed E-state index contributed by atoms with van der Waals surface area (Å²) >= 11 is 0. The second-order valence-electron chi connectivity index (χ2n) is 6.11. The van der Waals surface area contributed by atoms with Crippen LogP contribution in [0.15, 0.2) is 54.6 Å². The molecule has 2 aromatic rings. The third-order valence-corrected chi connectivity index (χ3v) is 4.00. The van der Waals surface area contributed by atoms with Crippen LogP contribution in [0.1, 0.15) is 11.1 Å². The molecule has 29 heavy (non-hydrogen) atoms. The lowest BCUT2D eigenvalue weighted by Gasteiger charge is -2.17. The predicted molar refractivity (Wildman–Crippen MR) is 105 cm³/mol. The van der Waals surface area contributed by atoms with E-state index < -0.39 is 24.0 Å². The highest BCUT2D eigenvalue weighted by molar-refractivity contribution is 5.87. The van der Waals surface area contributed by atoms with Crippen LogP contribution in [0.2, 0.25) is 0 Å². The Hall–Kier alpha value is -3.55. The third-order valence-electron chi connectivity index (χ3n) is 4.00. The minimum atomic E-state index is -0.901. The molecule has 0 aromatic heterocycles. The lowest BCUT2D eigenvalue weighted by molar-refractivity contribution is -0.144. The van der Waals surface area contributed by atoms with Gasteiger partial charge in [0.1, 0.15) is 24.9 Å². The van der Waals surface area contributed by atoms with Crippen molar-refractivity contribution in [2.75, 3.05) is 20.8 Å². The molecule has 0 radical (unpaired) electrons. The minimum Gasteiger partial charge on any atom is -0.497 e. The first-order valence-electron chi connectivity index (χ1n) is 8.96. The first kappa shape index (κ1) is 21.7. The fraction of sp³-hybridized carbons (Fsp3) is 0.286. The van der Waals surface area contributed by atoms with Gasteiger partial charge in [-0.05, 0) is 23.3 Å². The molecule has 154 valence electrons. The Balaban J connectivity index is 1.84. The molecule has 0 saturated heterocycles. The summed E-state index contributed by atoms with van der Waals surface area (Å²) in [4.78, 5) is 35.9.